The lowest BCUT2D eigenvalue weighted by Gasteiger charge is -2.10. The Bertz CT molecular complexity index is 738. The van der Waals surface area contributed by atoms with E-state index in [9.17, 15) is 4.79 Å². The number of amides is 1. The van der Waals surface area contributed by atoms with Crippen LogP contribution in [0.25, 0.3) is 0 Å². The van der Waals surface area contributed by atoms with Crippen LogP contribution < -0.4 is 14.8 Å². The number of ether oxygens (including phenoxy) is 2. The molecule has 0 bridgehead atoms. The van der Waals surface area contributed by atoms with Crippen LogP contribution in [0.5, 0.6) is 11.5 Å². The molecule has 2 rings (SSSR count). The second-order valence-corrected chi connectivity index (χ2v) is 6.66. The smallest absolute Gasteiger partial charge is 0.255 e. The number of unbranched alkanes of at least 4 members (excludes halogenated alkanes) is 3. The maximum atomic E-state index is 12.4. The Hall–Kier alpha value is -2.75. The second-order valence-electron chi connectivity index (χ2n) is 6.66. The number of carbonyl (C=O) groups is 1. The summed E-state index contributed by atoms with van der Waals surface area (Å²) < 4.78 is 11.3. The first-order valence-corrected chi connectivity index (χ1v) is 9.50. The van der Waals surface area contributed by atoms with Gasteiger partial charge >= 0.3 is 0 Å². The van der Waals surface area contributed by atoms with E-state index in [1.165, 1.54) is 19.3 Å². The molecule has 4 nitrogen and oxygen atoms in total. The zero-order valence-corrected chi connectivity index (χ0v) is 16.3. The van der Waals surface area contributed by atoms with Crippen LogP contribution in [0.1, 0.15) is 49.9 Å². The van der Waals surface area contributed by atoms with E-state index in [4.69, 9.17) is 9.47 Å². The van der Waals surface area contributed by atoms with Crippen molar-refractivity contribution in [2.45, 2.75) is 39.5 Å². The first-order valence-electron chi connectivity index (χ1n) is 9.50. The Labute approximate surface area is 162 Å². The molecule has 0 radical (unpaired) electrons. The van der Waals surface area contributed by atoms with Crippen molar-refractivity contribution in [1.29, 1.82) is 0 Å². The van der Waals surface area contributed by atoms with Crippen LogP contribution in [0.2, 0.25) is 0 Å². The SMILES string of the molecule is C=C(C)COc1ccc(C(=O)Nc2cccc(OCCCCCC)c2)cc1. The van der Waals surface area contributed by atoms with Crippen molar-refractivity contribution in [1.82, 2.24) is 0 Å². The van der Waals surface area contributed by atoms with Crippen molar-refractivity contribution in [3.8, 4) is 11.5 Å². The predicted octanol–water partition coefficient (Wildman–Crippen LogP) is 5.85. The average Bonchev–Trinajstić information content (AvgIpc) is 2.67. The van der Waals surface area contributed by atoms with Crippen LogP contribution in [-0.2, 0) is 0 Å². The molecular weight excluding hydrogens is 338 g/mol. The lowest BCUT2D eigenvalue weighted by atomic mass is 10.2. The second kappa shape index (κ2) is 11.1. The zero-order chi connectivity index (χ0) is 19.5. The van der Waals surface area contributed by atoms with Gasteiger partial charge in [-0.2, -0.15) is 0 Å². The van der Waals surface area contributed by atoms with Crippen LogP contribution in [0.3, 0.4) is 0 Å². The molecular formula is C23H29NO3. The minimum Gasteiger partial charge on any atom is -0.494 e. The summed E-state index contributed by atoms with van der Waals surface area (Å²) in [4.78, 5) is 12.4. The zero-order valence-electron chi connectivity index (χ0n) is 16.3. The minimum absolute atomic E-state index is 0.165. The molecule has 0 aliphatic heterocycles. The molecule has 0 atom stereocenters. The van der Waals surface area contributed by atoms with Crippen LogP contribution in [0.15, 0.2) is 60.7 Å². The highest BCUT2D eigenvalue weighted by molar-refractivity contribution is 6.04. The summed E-state index contributed by atoms with van der Waals surface area (Å²) >= 11 is 0. The number of benzene rings is 2. The van der Waals surface area contributed by atoms with Gasteiger partial charge in [0.25, 0.3) is 5.91 Å². The van der Waals surface area contributed by atoms with Crippen LogP contribution >= 0.6 is 0 Å². The largest absolute Gasteiger partial charge is 0.494 e. The first-order chi connectivity index (χ1) is 13.1. The Kier molecular flexibility index (Phi) is 8.43. The maximum Gasteiger partial charge on any atom is 0.255 e. The van der Waals surface area contributed by atoms with Gasteiger partial charge in [0.2, 0.25) is 0 Å². The normalized spacial score (nSPS) is 10.3. The average molecular weight is 367 g/mol. The van der Waals surface area contributed by atoms with Crippen molar-refractivity contribution in [2.75, 3.05) is 18.5 Å². The molecule has 4 heteroatoms. The molecule has 0 heterocycles. The summed E-state index contributed by atoms with van der Waals surface area (Å²) in [6, 6.07) is 14.6. The van der Waals surface area contributed by atoms with E-state index in [-0.39, 0.29) is 5.91 Å². The molecule has 2 aromatic rings. The molecule has 2 aromatic carbocycles. The Morgan fingerprint density at radius 2 is 1.78 bits per heavy atom. The quantitative estimate of drug-likeness (QED) is 0.400. The van der Waals surface area contributed by atoms with Crippen molar-refractivity contribution in [3.63, 3.8) is 0 Å². The Balaban J connectivity index is 1.87. The summed E-state index contributed by atoms with van der Waals surface area (Å²) in [6.45, 7) is 9.07. The highest BCUT2D eigenvalue weighted by Gasteiger charge is 2.07. The number of carbonyl (C=O) groups excluding carboxylic acids is 1. The third kappa shape index (κ3) is 7.57. The first kappa shape index (κ1) is 20.6. The number of hydrogen-bond acceptors (Lipinski definition) is 3. The van der Waals surface area contributed by atoms with Gasteiger partial charge in [0.1, 0.15) is 18.1 Å². The van der Waals surface area contributed by atoms with Gasteiger partial charge in [-0.15, -0.1) is 0 Å². The molecule has 0 aliphatic rings. The minimum atomic E-state index is -0.165. The Morgan fingerprint density at radius 1 is 1.00 bits per heavy atom. The molecule has 0 aliphatic carbocycles. The summed E-state index contributed by atoms with van der Waals surface area (Å²) in [7, 11) is 0. The van der Waals surface area contributed by atoms with Crippen molar-refractivity contribution in [3.05, 3.63) is 66.2 Å². The molecule has 1 N–H and O–H groups in total. The number of anilines is 1. The van der Waals surface area contributed by atoms with Crippen molar-refractivity contribution >= 4 is 11.6 Å². The van der Waals surface area contributed by atoms with Gasteiger partial charge in [-0.25, -0.2) is 0 Å². The topological polar surface area (TPSA) is 47.6 Å². The summed E-state index contributed by atoms with van der Waals surface area (Å²) in [5.74, 6) is 1.32. The van der Waals surface area contributed by atoms with E-state index in [1.54, 1.807) is 24.3 Å². The summed E-state index contributed by atoms with van der Waals surface area (Å²) in [5.41, 5.74) is 2.24. The molecule has 0 spiro atoms. The fourth-order valence-electron chi connectivity index (χ4n) is 2.49. The molecule has 27 heavy (non-hydrogen) atoms. The number of hydrogen-bond donors (Lipinski definition) is 1. The fourth-order valence-corrected chi connectivity index (χ4v) is 2.49. The lowest BCUT2D eigenvalue weighted by molar-refractivity contribution is 0.102. The van der Waals surface area contributed by atoms with Gasteiger partial charge in [-0.1, -0.05) is 38.8 Å². The standard InChI is InChI=1S/C23H29NO3/c1-4-5-6-7-15-26-22-10-8-9-20(16-22)24-23(25)19-11-13-21(14-12-19)27-17-18(2)3/h8-14,16H,2,4-7,15,17H2,1,3H3,(H,24,25). The molecule has 0 saturated heterocycles. The molecule has 1 amide bonds. The van der Waals surface area contributed by atoms with E-state index < -0.39 is 0 Å². The highest BCUT2D eigenvalue weighted by atomic mass is 16.5. The maximum absolute atomic E-state index is 12.4. The van der Waals surface area contributed by atoms with Gasteiger partial charge in [0.15, 0.2) is 0 Å². The Morgan fingerprint density at radius 3 is 2.48 bits per heavy atom. The molecule has 0 unspecified atom stereocenters. The third-order valence-corrected chi connectivity index (χ3v) is 3.96. The van der Waals surface area contributed by atoms with E-state index in [0.717, 1.165) is 17.7 Å². The van der Waals surface area contributed by atoms with Crippen LogP contribution in [0.4, 0.5) is 5.69 Å². The van der Waals surface area contributed by atoms with E-state index in [0.29, 0.717) is 30.2 Å². The predicted molar refractivity (Wildman–Crippen MR) is 111 cm³/mol. The monoisotopic (exact) mass is 367 g/mol. The van der Waals surface area contributed by atoms with Crippen LogP contribution in [-0.4, -0.2) is 19.1 Å². The van der Waals surface area contributed by atoms with Crippen LogP contribution in [0, 0.1) is 0 Å². The number of rotatable bonds is 11. The highest BCUT2D eigenvalue weighted by Crippen LogP contribution is 2.19. The van der Waals surface area contributed by atoms with E-state index in [1.807, 2.05) is 31.2 Å². The van der Waals surface area contributed by atoms with Gasteiger partial charge in [-0.3, -0.25) is 4.79 Å². The third-order valence-electron chi connectivity index (χ3n) is 3.96. The van der Waals surface area contributed by atoms with E-state index >= 15 is 0 Å². The van der Waals surface area contributed by atoms with Gasteiger partial charge in [-0.05, 0) is 55.3 Å². The molecule has 0 aromatic heterocycles. The molecule has 0 fully saturated rings. The fraction of sp³-hybridized carbons (Fsp3) is 0.348. The van der Waals surface area contributed by atoms with Crippen molar-refractivity contribution in [2.24, 2.45) is 0 Å². The van der Waals surface area contributed by atoms with Crippen molar-refractivity contribution < 1.29 is 14.3 Å². The lowest BCUT2D eigenvalue weighted by Crippen LogP contribution is -2.12. The van der Waals surface area contributed by atoms with E-state index in [2.05, 4.69) is 18.8 Å². The van der Waals surface area contributed by atoms with Gasteiger partial charge in [0.05, 0.1) is 6.61 Å². The van der Waals surface area contributed by atoms with Gasteiger partial charge in [0, 0.05) is 17.3 Å². The summed E-state index contributed by atoms with van der Waals surface area (Å²) in [5, 5.41) is 2.91. The molecule has 0 saturated carbocycles. The van der Waals surface area contributed by atoms with Gasteiger partial charge < -0.3 is 14.8 Å². The number of nitrogens with one attached hydrogen (secondary N) is 1. The molecule has 144 valence electrons. The summed E-state index contributed by atoms with van der Waals surface area (Å²) in [6.07, 6.45) is 4.67.